The van der Waals surface area contributed by atoms with E-state index in [-0.39, 0.29) is 27.2 Å². The average molecular weight is 710 g/mol. The first-order valence-corrected chi connectivity index (χ1v) is 19.9. The highest BCUT2D eigenvalue weighted by atomic mass is 32.2. The van der Waals surface area contributed by atoms with Gasteiger partial charge in [0.2, 0.25) is 21.7 Å². The Bertz CT molecular complexity index is 1870. The van der Waals surface area contributed by atoms with E-state index < -0.39 is 15.7 Å². The van der Waals surface area contributed by atoms with E-state index in [0.717, 1.165) is 64.0 Å². The van der Waals surface area contributed by atoms with Gasteiger partial charge in [-0.05, 0) is 117 Å². The first kappa shape index (κ1) is 35.4. The Morgan fingerprint density at radius 2 is 1.69 bits per heavy atom. The van der Waals surface area contributed by atoms with Crippen LogP contribution in [0.3, 0.4) is 0 Å². The number of piperidine rings is 1. The fourth-order valence-electron chi connectivity index (χ4n) is 9.77. The highest BCUT2D eigenvalue weighted by molar-refractivity contribution is 7.91. The lowest BCUT2D eigenvalue weighted by Gasteiger charge is -2.55. The number of carbonyl (C=O) groups is 2. The van der Waals surface area contributed by atoms with Crippen molar-refractivity contribution in [2.45, 2.75) is 66.8 Å². The number of amides is 2. The summed E-state index contributed by atoms with van der Waals surface area (Å²) in [6.07, 6.45) is 6.89. The number of anilines is 2. The molecule has 2 saturated heterocycles. The summed E-state index contributed by atoms with van der Waals surface area (Å²) in [5, 5.41) is 6.00. The molecule has 1 unspecified atom stereocenters. The van der Waals surface area contributed by atoms with Crippen molar-refractivity contribution in [1.29, 1.82) is 0 Å². The summed E-state index contributed by atoms with van der Waals surface area (Å²) < 4.78 is 26.7. The van der Waals surface area contributed by atoms with Crippen molar-refractivity contribution >= 4 is 33.0 Å². The maximum Gasteiger partial charge on any atom is 0.247 e. The number of nitrogens with zero attached hydrogens (tertiary/aromatic N) is 3. The number of nitrogens with one attached hydrogen (secondary N) is 2. The summed E-state index contributed by atoms with van der Waals surface area (Å²) in [6.45, 7) is 12.3. The van der Waals surface area contributed by atoms with Gasteiger partial charge in [0.1, 0.15) is 0 Å². The van der Waals surface area contributed by atoms with Crippen molar-refractivity contribution in [3.8, 4) is 0 Å². The standard InChI is InChI=1S/C41H51N5O4S/c1-4-40(48)43-33-10-7-11-36(23-33)51(49,50)35-17-15-34(16-18-35)46-25-30(26-46)24-45-21-19-32(20-22-45)41(38-13-8-14-39(38)42-29(2)47)28-44(3)27-31-9-5-6-12-37(31)41/h4-7,9-12,15-18,23,30,32,38-39H,1,8,13-14,19-22,24-28H2,2-3H3,(H,42,47)(H,43,48)/t38-,39-,41?/m0/s1. The number of likely N-dealkylation sites (tertiary alicyclic amines) is 1. The minimum atomic E-state index is -3.74. The molecule has 0 spiro atoms. The number of rotatable bonds is 10. The SMILES string of the molecule is C=CC(=O)Nc1cccc(S(=O)(=O)c2ccc(N3CC(CN4CCC(C5([C@H]6CCC[C@@H]6NC(C)=O)CN(C)Cc6ccccc65)CC4)C3)cc2)c1. The third-order valence-corrected chi connectivity index (χ3v) is 13.7. The molecule has 4 aliphatic rings. The molecule has 0 bridgehead atoms. The van der Waals surface area contributed by atoms with Crippen LogP contribution in [0, 0.1) is 17.8 Å². The molecule has 0 aromatic heterocycles. The van der Waals surface area contributed by atoms with Gasteiger partial charge >= 0.3 is 0 Å². The van der Waals surface area contributed by atoms with Crippen LogP contribution in [-0.4, -0.2) is 82.4 Å². The molecular formula is C41H51N5O4S. The minimum Gasteiger partial charge on any atom is -0.371 e. The van der Waals surface area contributed by atoms with Crippen molar-refractivity contribution in [2.24, 2.45) is 17.8 Å². The van der Waals surface area contributed by atoms with Crippen LogP contribution in [0.15, 0.2) is 95.2 Å². The smallest absolute Gasteiger partial charge is 0.247 e. The van der Waals surface area contributed by atoms with Crippen molar-refractivity contribution < 1.29 is 18.0 Å². The third kappa shape index (κ3) is 7.10. The first-order valence-electron chi connectivity index (χ1n) is 18.5. The molecule has 2 N–H and O–H groups in total. The number of carbonyl (C=O) groups excluding carboxylic acids is 2. The molecule has 3 heterocycles. The van der Waals surface area contributed by atoms with E-state index in [4.69, 9.17) is 0 Å². The molecule has 9 nitrogen and oxygen atoms in total. The normalized spacial score (nSPS) is 24.8. The number of fused-ring (bicyclic) bond motifs is 1. The van der Waals surface area contributed by atoms with E-state index in [1.165, 1.54) is 42.9 Å². The lowest BCUT2D eigenvalue weighted by Crippen LogP contribution is -2.59. The predicted molar refractivity (Wildman–Crippen MR) is 201 cm³/mol. The zero-order valence-corrected chi connectivity index (χ0v) is 30.7. The Balaban J connectivity index is 0.973. The Hall–Kier alpha value is -3.99. The van der Waals surface area contributed by atoms with E-state index in [2.05, 4.69) is 63.2 Å². The fourth-order valence-corrected chi connectivity index (χ4v) is 11.1. The van der Waals surface area contributed by atoms with Crippen LogP contribution < -0.4 is 15.5 Å². The van der Waals surface area contributed by atoms with Gasteiger partial charge in [0.25, 0.3) is 0 Å². The van der Waals surface area contributed by atoms with E-state index in [9.17, 15) is 18.0 Å². The van der Waals surface area contributed by atoms with Crippen molar-refractivity contribution in [2.75, 3.05) is 56.5 Å². The van der Waals surface area contributed by atoms with Crippen LogP contribution in [0.5, 0.6) is 0 Å². The topological polar surface area (TPSA) is 102 Å². The largest absolute Gasteiger partial charge is 0.371 e. The van der Waals surface area contributed by atoms with Gasteiger partial charge in [-0.25, -0.2) is 8.42 Å². The zero-order chi connectivity index (χ0) is 35.8. The highest BCUT2D eigenvalue weighted by Crippen LogP contribution is 2.53. The molecule has 1 aliphatic carbocycles. The molecular weight excluding hydrogens is 659 g/mol. The van der Waals surface area contributed by atoms with Crippen LogP contribution in [0.2, 0.25) is 0 Å². The molecule has 1 saturated carbocycles. The Kier molecular flexibility index (Phi) is 10.1. The number of benzene rings is 3. The first-order chi connectivity index (χ1) is 24.6. The van der Waals surface area contributed by atoms with Crippen LogP contribution in [0.25, 0.3) is 0 Å². The van der Waals surface area contributed by atoms with Gasteiger partial charge in [-0.3, -0.25) is 9.59 Å². The van der Waals surface area contributed by atoms with E-state index in [1.54, 1.807) is 37.3 Å². The maximum atomic E-state index is 13.4. The molecule has 3 aromatic carbocycles. The molecule has 3 aromatic rings. The predicted octanol–water partition coefficient (Wildman–Crippen LogP) is 5.48. The Morgan fingerprint density at radius 3 is 2.41 bits per heavy atom. The molecule has 2 amide bonds. The third-order valence-electron chi connectivity index (χ3n) is 12.0. The van der Waals surface area contributed by atoms with E-state index in [0.29, 0.717) is 23.4 Å². The zero-order valence-electron chi connectivity index (χ0n) is 29.9. The number of sulfone groups is 1. The van der Waals surface area contributed by atoms with Crippen molar-refractivity contribution in [3.05, 3.63) is 96.6 Å². The van der Waals surface area contributed by atoms with Crippen LogP contribution in [0.4, 0.5) is 11.4 Å². The summed E-state index contributed by atoms with van der Waals surface area (Å²) in [5.74, 6) is 1.28. The number of hydrogen-bond donors (Lipinski definition) is 2. The number of hydrogen-bond acceptors (Lipinski definition) is 7. The fraction of sp³-hybridized carbons (Fsp3) is 0.463. The average Bonchev–Trinajstić information content (AvgIpc) is 3.57. The molecule has 7 rings (SSSR count). The molecule has 3 fully saturated rings. The van der Waals surface area contributed by atoms with Crippen molar-refractivity contribution in [3.63, 3.8) is 0 Å². The highest BCUT2D eigenvalue weighted by Gasteiger charge is 2.54. The van der Waals surface area contributed by atoms with E-state index in [1.807, 2.05) is 12.1 Å². The van der Waals surface area contributed by atoms with Crippen LogP contribution in [-0.2, 0) is 31.4 Å². The van der Waals surface area contributed by atoms with Crippen LogP contribution in [0.1, 0.15) is 50.2 Å². The van der Waals surface area contributed by atoms with Gasteiger partial charge in [0.15, 0.2) is 0 Å². The van der Waals surface area contributed by atoms with Crippen LogP contribution >= 0.6 is 0 Å². The second-order valence-electron chi connectivity index (χ2n) is 15.3. The Labute approximate surface area is 303 Å². The van der Waals surface area contributed by atoms with Gasteiger partial charge in [0, 0.05) is 68.4 Å². The summed E-state index contributed by atoms with van der Waals surface area (Å²) in [7, 11) is -1.47. The minimum absolute atomic E-state index is 0.0381. The van der Waals surface area contributed by atoms with Gasteiger partial charge in [-0.15, -0.1) is 0 Å². The van der Waals surface area contributed by atoms with Gasteiger partial charge in [0.05, 0.1) is 9.79 Å². The number of likely N-dealkylation sites (N-methyl/N-ethyl adjacent to an activating group) is 1. The summed E-state index contributed by atoms with van der Waals surface area (Å²) in [5.41, 5.74) is 4.46. The molecule has 270 valence electrons. The second kappa shape index (κ2) is 14.6. The molecule has 3 aliphatic heterocycles. The van der Waals surface area contributed by atoms with Gasteiger partial charge in [-0.1, -0.05) is 43.3 Å². The lowest BCUT2D eigenvalue weighted by molar-refractivity contribution is -0.120. The second-order valence-corrected chi connectivity index (χ2v) is 17.2. The summed E-state index contributed by atoms with van der Waals surface area (Å²) in [4.78, 5) is 31.9. The molecule has 51 heavy (non-hydrogen) atoms. The monoisotopic (exact) mass is 709 g/mol. The van der Waals surface area contributed by atoms with Gasteiger partial charge < -0.3 is 25.3 Å². The molecule has 3 atom stereocenters. The van der Waals surface area contributed by atoms with Crippen molar-refractivity contribution in [1.82, 2.24) is 15.1 Å². The molecule has 0 radical (unpaired) electrons. The van der Waals surface area contributed by atoms with E-state index >= 15 is 0 Å². The summed E-state index contributed by atoms with van der Waals surface area (Å²) in [6, 6.07) is 22.8. The maximum absolute atomic E-state index is 13.4. The lowest BCUT2D eigenvalue weighted by atomic mass is 9.56. The van der Waals surface area contributed by atoms with Gasteiger partial charge in [-0.2, -0.15) is 0 Å². The quantitative estimate of drug-likeness (QED) is 0.269. The molecule has 10 heteroatoms. The summed E-state index contributed by atoms with van der Waals surface area (Å²) >= 11 is 0. The Morgan fingerprint density at radius 1 is 0.941 bits per heavy atom.